The van der Waals surface area contributed by atoms with Gasteiger partial charge in [-0.3, -0.25) is 9.59 Å². The maximum Gasteiger partial charge on any atom is 0.245 e. The summed E-state index contributed by atoms with van der Waals surface area (Å²) in [5, 5.41) is 2.73. The van der Waals surface area contributed by atoms with Crippen molar-refractivity contribution in [2.45, 2.75) is 38.3 Å². The zero-order chi connectivity index (χ0) is 16.0. The molecule has 2 amide bonds. The van der Waals surface area contributed by atoms with Gasteiger partial charge in [-0.2, -0.15) is 0 Å². The lowest BCUT2D eigenvalue weighted by molar-refractivity contribution is -0.136. The van der Waals surface area contributed by atoms with Gasteiger partial charge in [0.25, 0.3) is 0 Å². The maximum absolute atomic E-state index is 12.5. The maximum atomic E-state index is 12.5. The minimum Gasteiger partial charge on any atom is -0.344 e. The Morgan fingerprint density at radius 2 is 1.81 bits per heavy atom. The first-order valence-corrected chi connectivity index (χ1v) is 8.22. The smallest absolute Gasteiger partial charge is 0.245 e. The second kappa shape index (κ2) is 8.08. The number of benzene rings is 1. The molecule has 0 radical (unpaired) electrons. The van der Waals surface area contributed by atoms with E-state index in [1.165, 1.54) is 11.8 Å². The first-order valence-electron chi connectivity index (χ1n) is 7.00. The van der Waals surface area contributed by atoms with Crippen LogP contribution < -0.4 is 5.32 Å². The summed E-state index contributed by atoms with van der Waals surface area (Å²) in [5.74, 6) is -0.184. The van der Waals surface area contributed by atoms with Crippen LogP contribution in [-0.2, 0) is 16.1 Å². The van der Waals surface area contributed by atoms with Gasteiger partial charge in [-0.25, -0.2) is 0 Å². The fourth-order valence-electron chi connectivity index (χ4n) is 2.05. The van der Waals surface area contributed by atoms with Crippen molar-refractivity contribution in [1.82, 2.24) is 10.2 Å². The van der Waals surface area contributed by atoms with Crippen LogP contribution in [0.3, 0.4) is 0 Å². The van der Waals surface area contributed by atoms with E-state index in [4.69, 9.17) is 0 Å². The molecule has 0 aliphatic rings. The number of amides is 2. The van der Waals surface area contributed by atoms with Crippen molar-refractivity contribution in [3.05, 3.63) is 29.8 Å². The number of likely N-dealkylation sites (N-methyl/N-ethyl adjacent to an activating group) is 1. The highest BCUT2D eigenvalue weighted by Gasteiger charge is 2.25. The fourth-order valence-corrected chi connectivity index (χ4v) is 2.46. The number of rotatable bonds is 6. The monoisotopic (exact) mass is 308 g/mol. The van der Waals surface area contributed by atoms with E-state index >= 15 is 0 Å². The number of carbonyl (C=O) groups is 2. The van der Waals surface area contributed by atoms with Crippen molar-refractivity contribution < 1.29 is 9.59 Å². The van der Waals surface area contributed by atoms with E-state index in [0.29, 0.717) is 6.54 Å². The highest BCUT2D eigenvalue weighted by molar-refractivity contribution is 7.98. The van der Waals surface area contributed by atoms with Gasteiger partial charge in [0.1, 0.15) is 6.04 Å². The topological polar surface area (TPSA) is 49.4 Å². The Hall–Kier alpha value is -1.49. The lowest BCUT2D eigenvalue weighted by Crippen LogP contribution is -2.49. The Labute approximate surface area is 131 Å². The summed E-state index contributed by atoms with van der Waals surface area (Å²) >= 11 is 1.69. The van der Waals surface area contributed by atoms with E-state index in [1.807, 2.05) is 44.4 Å². The second-order valence-electron chi connectivity index (χ2n) is 5.46. The third-order valence-electron chi connectivity index (χ3n) is 3.25. The Morgan fingerprint density at radius 3 is 2.24 bits per heavy atom. The van der Waals surface area contributed by atoms with Crippen LogP contribution in [0.1, 0.15) is 26.3 Å². The number of thioether (sulfide) groups is 1. The van der Waals surface area contributed by atoms with Crippen molar-refractivity contribution in [2.24, 2.45) is 5.92 Å². The van der Waals surface area contributed by atoms with Gasteiger partial charge in [0.2, 0.25) is 11.8 Å². The lowest BCUT2D eigenvalue weighted by atomic mass is 10.0. The predicted molar refractivity (Wildman–Crippen MR) is 87.1 cm³/mol. The largest absolute Gasteiger partial charge is 0.344 e. The molecule has 116 valence electrons. The normalized spacial score (nSPS) is 12.1. The summed E-state index contributed by atoms with van der Waals surface area (Å²) in [5.41, 5.74) is 1.08. The Kier molecular flexibility index (Phi) is 6.75. The van der Waals surface area contributed by atoms with Gasteiger partial charge in [0, 0.05) is 25.4 Å². The number of nitrogens with one attached hydrogen (secondary N) is 1. The Balaban J connectivity index is 2.73. The quantitative estimate of drug-likeness (QED) is 0.822. The molecule has 0 spiro atoms. The first kappa shape index (κ1) is 17.6. The van der Waals surface area contributed by atoms with E-state index in [9.17, 15) is 9.59 Å². The van der Waals surface area contributed by atoms with Crippen LogP contribution in [0.2, 0.25) is 0 Å². The van der Waals surface area contributed by atoms with Crippen molar-refractivity contribution in [3.63, 3.8) is 0 Å². The van der Waals surface area contributed by atoms with E-state index in [2.05, 4.69) is 5.32 Å². The summed E-state index contributed by atoms with van der Waals surface area (Å²) in [7, 11) is 1.77. The van der Waals surface area contributed by atoms with Gasteiger partial charge in [-0.1, -0.05) is 26.0 Å². The van der Waals surface area contributed by atoms with Crippen molar-refractivity contribution >= 4 is 23.6 Å². The Morgan fingerprint density at radius 1 is 1.24 bits per heavy atom. The summed E-state index contributed by atoms with van der Waals surface area (Å²) < 4.78 is 0. The van der Waals surface area contributed by atoms with Crippen LogP contribution in [0.15, 0.2) is 29.2 Å². The van der Waals surface area contributed by atoms with Gasteiger partial charge in [0.15, 0.2) is 0 Å². The molecule has 1 aromatic carbocycles. The molecule has 0 aliphatic heterocycles. The molecule has 4 nitrogen and oxygen atoms in total. The standard InChI is InChI=1S/C16H24N2O2S/c1-11(2)15(17-12(3)19)16(20)18(4)10-13-6-8-14(21-5)9-7-13/h6-9,11,15H,10H2,1-5H3,(H,17,19)/t15-/m0/s1. The van der Waals surface area contributed by atoms with Gasteiger partial charge in [0.05, 0.1) is 0 Å². The predicted octanol–water partition coefficient (Wildman–Crippen LogP) is 2.53. The lowest BCUT2D eigenvalue weighted by Gasteiger charge is -2.26. The number of hydrogen-bond donors (Lipinski definition) is 1. The van der Waals surface area contributed by atoms with Crippen molar-refractivity contribution in [1.29, 1.82) is 0 Å². The molecule has 5 heteroatoms. The van der Waals surface area contributed by atoms with Crippen molar-refractivity contribution in [2.75, 3.05) is 13.3 Å². The number of carbonyl (C=O) groups excluding carboxylic acids is 2. The van der Waals surface area contributed by atoms with Gasteiger partial charge in [-0.15, -0.1) is 11.8 Å². The molecule has 1 N–H and O–H groups in total. The van der Waals surface area contributed by atoms with E-state index in [0.717, 1.165) is 5.56 Å². The zero-order valence-electron chi connectivity index (χ0n) is 13.3. The molecule has 0 unspecified atom stereocenters. The third kappa shape index (κ3) is 5.42. The molecule has 0 saturated carbocycles. The minimum absolute atomic E-state index is 0.0581. The average Bonchev–Trinajstić information content (AvgIpc) is 2.44. The van der Waals surface area contributed by atoms with Gasteiger partial charge >= 0.3 is 0 Å². The van der Waals surface area contributed by atoms with E-state index in [1.54, 1.807) is 23.7 Å². The van der Waals surface area contributed by atoms with Crippen LogP contribution in [0.5, 0.6) is 0 Å². The van der Waals surface area contributed by atoms with Crippen LogP contribution >= 0.6 is 11.8 Å². The summed E-state index contributed by atoms with van der Waals surface area (Å²) in [6.45, 7) is 5.83. The summed E-state index contributed by atoms with van der Waals surface area (Å²) in [6.07, 6.45) is 2.03. The molecule has 21 heavy (non-hydrogen) atoms. The molecule has 0 heterocycles. The highest BCUT2D eigenvalue weighted by atomic mass is 32.2. The second-order valence-corrected chi connectivity index (χ2v) is 6.34. The molecule has 0 saturated heterocycles. The fraction of sp³-hybridized carbons (Fsp3) is 0.500. The van der Waals surface area contributed by atoms with Gasteiger partial charge in [-0.05, 0) is 29.9 Å². The van der Waals surface area contributed by atoms with Crippen molar-refractivity contribution in [3.8, 4) is 0 Å². The number of nitrogens with zero attached hydrogens (tertiary/aromatic N) is 1. The molecule has 0 aromatic heterocycles. The minimum atomic E-state index is -0.474. The first-order chi connectivity index (χ1) is 9.85. The molecule has 0 fully saturated rings. The molecular weight excluding hydrogens is 284 g/mol. The van der Waals surface area contributed by atoms with Gasteiger partial charge < -0.3 is 10.2 Å². The Bertz CT molecular complexity index is 486. The molecule has 1 atom stereocenters. The van der Waals surface area contributed by atoms with E-state index in [-0.39, 0.29) is 17.7 Å². The molecule has 0 aliphatic carbocycles. The molecular formula is C16H24N2O2S. The van der Waals surface area contributed by atoms with Crippen LogP contribution in [0.25, 0.3) is 0 Å². The number of hydrogen-bond acceptors (Lipinski definition) is 3. The molecule has 1 rings (SSSR count). The van der Waals surface area contributed by atoms with Crippen LogP contribution in [-0.4, -0.2) is 36.1 Å². The molecule has 0 bridgehead atoms. The SMILES string of the molecule is CSc1ccc(CN(C)C(=O)[C@@H](NC(C)=O)C(C)C)cc1. The summed E-state index contributed by atoms with van der Waals surface area (Å²) in [4.78, 5) is 26.5. The van der Waals surface area contributed by atoms with Crippen LogP contribution in [0, 0.1) is 5.92 Å². The molecule has 1 aromatic rings. The van der Waals surface area contributed by atoms with E-state index < -0.39 is 6.04 Å². The average molecular weight is 308 g/mol. The summed E-state index contributed by atoms with van der Waals surface area (Å²) in [6, 6.07) is 7.67. The van der Waals surface area contributed by atoms with Crippen LogP contribution in [0.4, 0.5) is 0 Å². The third-order valence-corrected chi connectivity index (χ3v) is 3.99. The highest BCUT2D eigenvalue weighted by Crippen LogP contribution is 2.16. The zero-order valence-corrected chi connectivity index (χ0v) is 14.2.